The molecule has 0 aliphatic heterocycles. The summed E-state index contributed by atoms with van der Waals surface area (Å²) in [6.45, 7) is 5.35. The van der Waals surface area contributed by atoms with Gasteiger partial charge in [0.15, 0.2) is 0 Å². The van der Waals surface area contributed by atoms with E-state index >= 15 is 0 Å². The molecule has 0 amide bonds. The first-order valence-corrected chi connectivity index (χ1v) is 6.49. The van der Waals surface area contributed by atoms with Gasteiger partial charge in [-0.1, -0.05) is 12.8 Å². The van der Waals surface area contributed by atoms with E-state index in [1.54, 1.807) is 11.5 Å². The number of nitrogens with zero attached hydrogens (tertiary/aromatic N) is 2. The van der Waals surface area contributed by atoms with E-state index in [1.807, 2.05) is 0 Å². The zero-order chi connectivity index (χ0) is 10.8. The molecule has 0 saturated heterocycles. The number of nitrogen functional groups attached to an aromatic ring is 1. The molecule has 0 radical (unpaired) electrons. The maximum atomic E-state index is 5.80. The van der Waals surface area contributed by atoms with Crippen LogP contribution in [-0.2, 0) is 0 Å². The minimum absolute atomic E-state index is 0.700. The highest BCUT2D eigenvalue weighted by molar-refractivity contribution is 7.10. The second kappa shape index (κ2) is 4.39. The van der Waals surface area contributed by atoms with Crippen LogP contribution in [0.4, 0.5) is 10.8 Å². The molecule has 0 bridgehead atoms. The van der Waals surface area contributed by atoms with Crippen molar-refractivity contribution in [3.05, 3.63) is 5.56 Å². The number of hydrogen-bond donors (Lipinski definition) is 1. The molecule has 1 aliphatic carbocycles. The summed E-state index contributed by atoms with van der Waals surface area (Å²) in [7, 11) is 0. The van der Waals surface area contributed by atoms with Gasteiger partial charge in [0.2, 0.25) is 0 Å². The van der Waals surface area contributed by atoms with Crippen LogP contribution in [0.1, 0.15) is 38.2 Å². The van der Waals surface area contributed by atoms with Gasteiger partial charge in [-0.3, -0.25) is 0 Å². The fraction of sp³-hybridized carbons (Fsp3) is 0.727. The Balaban J connectivity index is 2.22. The van der Waals surface area contributed by atoms with Crippen LogP contribution in [0.15, 0.2) is 0 Å². The summed E-state index contributed by atoms with van der Waals surface area (Å²) in [5.41, 5.74) is 6.97. The van der Waals surface area contributed by atoms with Crippen LogP contribution in [0.5, 0.6) is 0 Å². The lowest BCUT2D eigenvalue weighted by Gasteiger charge is -2.28. The van der Waals surface area contributed by atoms with Gasteiger partial charge in [0, 0.05) is 18.2 Å². The molecule has 1 aromatic rings. The Morgan fingerprint density at radius 3 is 2.60 bits per heavy atom. The van der Waals surface area contributed by atoms with E-state index in [-0.39, 0.29) is 0 Å². The van der Waals surface area contributed by atoms with E-state index in [2.05, 4.69) is 23.1 Å². The van der Waals surface area contributed by atoms with Crippen molar-refractivity contribution in [3.63, 3.8) is 0 Å². The van der Waals surface area contributed by atoms with Crippen LogP contribution >= 0.6 is 11.5 Å². The third-order valence-corrected chi connectivity index (χ3v) is 4.30. The molecule has 2 N–H and O–H groups in total. The average molecular weight is 225 g/mol. The fourth-order valence-corrected chi connectivity index (χ4v) is 3.34. The summed E-state index contributed by atoms with van der Waals surface area (Å²) in [6, 6.07) is 0.716. The van der Waals surface area contributed by atoms with E-state index < -0.39 is 0 Å². The second-order valence-electron chi connectivity index (χ2n) is 4.22. The summed E-state index contributed by atoms with van der Waals surface area (Å²) >= 11 is 1.55. The van der Waals surface area contributed by atoms with Gasteiger partial charge in [-0.25, -0.2) is 0 Å². The van der Waals surface area contributed by atoms with Gasteiger partial charge >= 0.3 is 0 Å². The summed E-state index contributed by atoms with van der Waals surface area (Å²) in [6.07, 6.45) is 5.39. The normalized spacial score (nSPS) is 17.2. The van der Waals surface area contributed by atoms with E-state index in [4.69, 9.17) is 5.73 Å². The highest BCUT2D eigenvalue weighted by Gasteiger charge is 2.24. The zero-order valence-corrected chi connectivity index (χ0v) is 10.3. The molecule has 1 heterocycles. The number of nitrogens with two attached hydrogens (primary N) is 1. The highest BCUT2D eigenvalue weighted by atomic mass is 32.1. The van der Waals surface area contributed by atoms with Crippen LogP contribution in [-0.4, -0.2) is 17.0 Å². The molecule has 84 valence electrons. The Hall–Kier alpha value is -0.770. The van der Waals surface area contributed by atoms with E-state index in [0.29, 0.717) is 11.9 Å². The van der Waals surface area contributed by atoms with Gasteiger partial charge in [0.1, 0.15) is 10.8 Å². The third kappa shape index (κ3) is 1.95. The summed E-state index contributed by atoms with van der Waals surface area (Å²) in [5, 5.41) is 1.28. The van der Waals surface area contributed by atoms with Crippen LogP contribution in [0.3, 0.4) is 0 Å². The van der Waals surface area contributed by atoms with Crippen molar-refractivity contribution < 1.29 is 0 Å². The number of anilines is 2. The standard InChI is InChI=1S/C11H19N3S/c1-3-14(9-6-4-5-7-9)11-8(2)10(12)13-15-11/h9H,3-7H2,1-2H3,(H2,12,13). The minimum Gasteiger partial charge on any atom is -0.383 e. The molecule has 0 spiro atoms. The quantitative estimate of drug-likeness (QED) is 0.860. The average Bonchev–Trinajstić information content (AvgIpc) is 2.84. The van der Waals surface area contributed by atoms with Gasteiger partial charge < -0.3 is 10.6 Å². The number of rotatable bonds is 3. The molecule has 0 atom stereocenters. The molecule has 3 nitrogen and oxygen atoms in total. The predicted octanol–water partition coefficient (Wildman–Crippen LogP) is 2.80. The van der Waals surface area contributed by atoms with Crippen molar-refractivity contribution in [3.8, 4) is 0 Å². The van der Waals surface area contributed by atoms with E-state index in [9.17, 15) is 0 Å². The van der Waals surface area contributed by atoms with E-state index in [0.717, 1.165) is 12.1 Å². The van der Waals surface area contributed by atoms with Crippen LogP contribution in [0, 0.1) is 6.92 Å². The zero-order valence-electron chi connectivity index (χ0n) is 9.49. The molecule has 2 rings (SSSR count). The monoisotopic (exact) mass is 225 g/mol. The van der Waals surface area contributed by atoms with Crippen LogP contribution in [0.2, 0.25) is 0 Å². The summed E-state index contributed by atoms with van der Waals surface area (Å²) in [5.74, 6) is 0.700. The highest BCUT2D eigenvalue weighted by Crippen LogP contribution is 2.34. The van der Waals surface area contributed by atoms with Crippen molar-refractivity contribution in [1.29, 1.82) is 0 Å². The van der Waals surface area contributed by atoms with Crippen LogP contribution in [0.25, 0.3) is 0 Å². The van der Waals surface area contributed by atoms with Gasteiger partial charge in [0.05, 0.1) is 0 Å². The molecule has 1 saturated carbocycles. The molecular weight excluding hydrogens is 206 g/mol. The minimum atomic E-state index is 0.700. The Kier molecular flexibility index (Phi) is 3.14. The number of aromatic nitrogens is 1. The molecule has 1 fully saturated rings. The summed E-state index contributed by atoms with van der Waals surface area (Å²) < 4.78 is 4.23. The van der Waals surface area contributed by atoms with E-state index in [1.165, 1.54) is 30.7 Å². The van der Waals surface area contributed by atoms with Crippen molar-refractivity contribution in [2.24, 2.45) is 0 Å². The SMILES string of the molecule is CCN(c1snc(N)c1C)C1CCCC1. The lowest BCUT2D eigenvalue weighted by molar-refractivity contribution is 0.623. The van der Waals surface area contributed by atoms with Crippen molar-refractivity contribution >= 4 is 22.4 Å². The fourth-order valence-electron chi connectivity index (χ4n) is 2.39. The molecule has 1 aliphatic rings. The Morgan fingerprint density at radius 1 is 1.47 bits per heavy atom. The molecule has 4 heteroatoms. The maximum absolute atomic E-state index is 5.80. The topological polar surface area (TPSA) is 42.2 Å². The van der Waals surface area contributed by atoms with Gasteiger partial charge in [0.25, 0.3) is 0 Å². The largest absolute Gasteiger partial charge is 0.383 e. The lowest BCUT2D eigenvalue weighted by Crippen LogP contribution is -2.32. The molecule has 15 heavy (non-hydrogen) atoms. The molecule has 1 aromatic heterocycles. The van der Waals surface area contributed by atoms with Gasteiger partial charge in [-0.2, -0.15) is 4.37 Å². The second-order valence-corrected chi connectivity index (χ2v) is 4.97. The molecule has 0 unspecified atom stereocenters. The van der Waals surface area contributed by atoms with Crippen molar-refractivity contribution in [2.45, 2.75) is 45.6 Å². The Morgan fingerprint density at radius 2 is 2.13 bits per heavy atom. The number of hydrogen-bond acceptors (Lipinski definition) is 4. The third-order valence-electron chi connectivity index (χ3n) is 3.30. The lowest BCUT2D eigenvalue weighted by atomic mass is 10.2. The summed E-state index contributed by atoms with van der Waals surface area (Å²) in [4.78, 5) is 2.48. The smallest absolute Gasteiger partial charge is 0.142 e. The van der Waals surface area contributed by atoms with Crippen molar-refractivity contribution in [2.75, 3.05) is 17.2 Å². The van der Waals surface area contributed by atoms with Crippen molar-refractivity contribution in [1.82, 2.24) is 4.37 Å². The maximum Gasteiger partial charge on any atom is 0.142 e. The Bertz CT molecular complexity index is 329. The Labute approximate surface area is 95.4 Å². The first-order chi connectivity index (χ1) is 7.24. The van der Waals surface area contributed by atoms with Crippen LogP contribution < -0.4 is 10.6 Å². The first kappa shape index (κ1) is 10.7. The van der Waals surface area contributed by atoms with Gasteiger partial charge in [-0.05, 0) is 38.2 Å². The molecular formula is C11H19N3S. The molecule has 0 aromatic carbocycles. The van der Waals surface area contributed by atoms with Gasteiger partial charge in [-0.15, -0.1) is 0 Å². The predicted molar refractivity (Wildman–Crippen MR) is 66.5 cm³/mol. The first-order valence-electron chi connectivity index (χ1n) is 5.72.